The molecule has 2 fully saturated rings. The van der Waals surface area contributed by atoms with Gasteiger partial charge in [-0.05, 0) is 44.4 Å². The molecule has 1 aliphatic carbocycles. The summed E-state index contributed by atoms with van der Waals surface area (Å²) in [5.41, 5.74) is 0.696. The first-order valence-electron chi connectivity index (χ1n) is 7.51. The van der Waals surface area contributed by atoms with E-state index in [1.54, 1.807) is 0 Å². The Morgan fingerprint density at radius 1 is 1.52 bits per heavy atom. The molecular formula is C16H21ClN2O2. The molecule has 1 heterocycles. The second-order valence-electron chi connectivity index (χ2n) is 5.91. The normalized spacial score (nSPS) is 24.6. The van der Waals surface area contributed by atoms with Crippen molar-refractivity contribution in [2.45, 2.75) is 44.5 Å². The summed E-state index contributed by atoms with van der Waals surface area (Å²) in [7, 11) is 0. The highest BCUT2D eigenvalue weighted by Crippen LogP contribution is 2.46. The number of carbonyl (C=O) groups is 1. The van der Waals surface area contributed by atoms with Gasteiger partial charge in [0.25, 0.3) is 0 Å². The lowest BCUT2D eigenvalue weighted by Crippen LogP contribution is -2.37. The average Bonchev–Trinajstić information content (AvgIpc) is 3.18. The van der Waals surface area contributed by atoms with Gasteiger partial charge in [0.15, 0.2) is 0 Å². The number of nitrogens with zero attached hydrogens (tertiary/aromatic N) is 1. The zero-order chi connectivity index (χ0) is 15.0. The second-order valence-corrected chi connectivity index (χ2v) is 6.34. The number of hydrogen-bond acceptors (Lipinski definition) is 3. The molecule has 1 aromatic rings. The molecule has 0 radical (unpaired) electrons. The Morgan fingerprint density at radius 2 is 2.29 bits per heavy atom. The highest BCUT2D eigenvalue weighted by atomic mass is 35.5. The number of benzene rings is 1. The number of hydrogen-bond donors (Lipinski definition) is 1. The van der Waals surface area contributed by atoms with Gasteiger partial charge in [-0.25, -0.2) is 0 Å². The second kappa shape index (κ2) is 5.59. The van der Waals surface area contributed by atoms with E-state index in [0.29, 0.717) is 18.2 Å². The summed E-state index contributed by atoms with van der Waals surface area (Å²) in [6, 6.07) is 7.70. The lowest BCUT2D eigenvalue weighted by molar-refractivity contribution is -0.132. The van der Waals surface area contributed by atoms with Gasteiger partial charge in [-0.3, -0.25) is 10.1 Å². The fraction of sp³-hybridized carbons (Fsp3) is 0.562. The molecule has 1 saturated carbocycles. The van der Waals surface area contributed by atoms with E-state index in [9.17, 15) is 4.79 Å². The van der Waals surface area contributed by atoms with Crippen molar-refractivity contribution in [3.63, 3.8) is 0 Å². The van der Waals surface area contributed by atoms with E-state index in [1.165, 1.54) is 0 Å². The standard InChI is InChI=1S/C16H21ClN2O2/c1-3-21-11(2)10-19-14(12-5-4-6-13(17)9-12)18-16(7-8-16)15(19)20/h4-6,9,11,14,18H,3,7-8,10H2,1-2H3. The quantitative estimate of drug-likeness (QED) is 0.909. The van der Waals surface area contributed by atoms with Gasteiger partial charge in [-0.2, -0.15) is 0 Å². The largest absolute Gasteiger partial charge is 0.377 e. The van der Waals surface area contributed by atoms with Crippen molar-refractivity contribution in [1.82, 2.24) is 10.2 Å². The molecule has 3 rings (SSSR count). The van der Waals surface area contributed by atoms with Crippen LogP contribution >= 0.6 is 11.6 Å². The van der Waals surface area contributed by atoms with Crippen LogP contribution in [0.2, 0.25) is 5.02 Å². The van der Waals surface area contributed by atoms with Gasteiger partial charge in [-0.1, -0.05) is 23.7 Å². The predicted molar refractivity (Wildman–Crippen MR) is 82.1 cm³/mol. The fourth-order valence-corrected chi connectivity index (χ4v) is 3.22. The molecular weight excluding hydrogens is 288 g/mol. The molecule has 0 bridgehead atoms. The minimum atomic E-state index is -0.334. The smallest absolute Gasteiger partial charge is 0.244 e. The Hall–Kier alpha value is -1.10. The van der Waals surface area contributed by atoms with Crippen molar-refractivity contribution in [1.29, 1.82) is 0 Å². The Labute approximate surface area is 130 Å². The molecule has 2 unspecified atom stereocenters. The predicted octanol–water partition coefficient (Wildman–Crippen LogP) is 2.73. The fourth-order valence-electron chi connectivity index (χ4n) is 3.02. The van der Waals surface area contributed by atoms with Crippen LogP contribution in [0.25, 0.3) is 0 Å². The van der Waals surface area contributed by atoms with E-state index in [-0.39, 0.29) is 23.7 Å². The maximum absolute atomic E-state index is 12.7. The first-order valence-corrected chi connectivity index (χ1v) is 7.89. The molecule has 1 aliphatic heterocycles. The number of amides is 1. The van der Waals surface area contributed by atoms with Crippen molar-refractivity contribution < 1.29 is 9.53 Å². The molecule has 114 valence electrons. The van der Waals surface area contributed by atoms with Crippen molar-refractivity contribution >= 4 is 17.5 Å². The van der Waals surface area contributed by atoms with Crippen LogP contribution in [0.5, 0.6) is 0 Å². The van der Waals surface area contributed by atoms with Gasteiger partial charge >= 0.3 is 0 Å². The highest BCUT2D eigenvalue weighted by Gasteiger charge is 2.59. The number of nitrogens with one attached hydrogen (secondary N) is 1. The average molecular weight is 309 g/mol. The van der Waals surface area contributed by atoms with Crippen LogP contribution in [0.4, 0.5) is 0 Å². The third-order valence-electron chi connectivity index (χ3n) is 4.21. The molecule has 5 heteroatoms. The van der Waals surface area contributed by atoms with Gasteiger partial charge in [0.1, 0.15) is 11.7 Å². The molecule has 1 spiro atoms. The van der Waals surface area contributed by atoms with E-state index in [2.05, 4.69) is 5.32 Å². The SMILES string of the molecule is CCOC(C)CN1C(=O)C2(CC2)NC1c1cccc(Cl)c1. The molecule has 2 aliphatic rings. The van der Waals surface area contributed by atoms with E-state index in [0.717, 1.165) is 18.4 Å². The number of rotatable bonds is 5. The summed E-state index contributed by atoms with van der Waals surface area (Å²) in [6.07, 6.45) is 1.75. The minimum Gasteiger partial charge on any atom is -0.377 e. The maximum atomic E-state index is 12.7. The summed E-state index contributed by atoms with van der Waals surface area (Å²) >= 11 is 6.09. The van der Waals surface area contributed by atoms with Crippen LogP contribution < -0.4 is 5.32 Å². The van der Waals surface area contributed by atoms with Crippen LogP contribution in [0.3, 0.4) is 0 Å². The zero-order valence-corrected chi connectivity index (χ0v) is 13.2. The van der Waals surface area contributed by atoms with E-state index >= 15 is 0 Å². The molecule has 2 atom stereocenters. The summed E-state index contributed by atoms with van der Waals surface area (Å²) < 4.78 is 5.60. The van der Waals surface area contributed by atoms with Crippen molar-refractivity contribution in [3.05, 3.63) is 34.9 Å². The van der Waals surface area contributed by atoms with E-state index in [1.807, 2.05) is 43.0 Å². The van der Waals surface area contributed by atoms with Gasteiger partial charge in [-0.15, -0.1) is 0 Å². The molecule has 1 N–H and O–H groups in total. The van der Waals surface area contributed by atoms with E-state index < -0.39 is 0 Å². The molecule has 0 aromatic heterocycles. The molecule has 1 amide bonds. The first-order chi connectivity index (χ1) is 10.1. The van der Waals surface area contributed by atoms with Crippen LogP contribution in [-0.4, -0.2) is 35.6 Å². The lowest BCUT2D eigenvalue weighted by atomic mass is 10.1. The topological polar surface area (TPSA) is 41.6 Å². The van der Waals surface area contributed by atoms with E-state index in [4.69, 9.17) is 16.3 Å². The van der Waals surface area contributed by atoms with Crippen LogP contribution in [0.1, 0.15) is 38.4 Å². The molecule has 4 nitrogen and oxygen atoms in total. The highest BCUT2D eigenvalue weighted by molar-refractivity contribution is 6.30. The molecule has 1 aromatic carbocycles. The van der Waals surface area contributed by atoms with Gasteiger partial charge in [0.2, 0.25) is 5.91 Å². The molecule has 21 heavy (non-hydrogen) atoms. The van der Waals surface area contributed by atoms with Crippen LogP contribution in [0, 0.1) is 0 Å². The van der Waals surface area contributed by atoms with Crippen LogP contribution in [-0.2, 0) is 9.53 Å². The zero-order valence-electron chi connectivity index (χ0n) is 12.4. The van der Waals surface area contributed by atoms with Gasteiger partial charge in [0.05, 0.1) is 6.10 Å². The summed E-state index contributed by atoms with van der Waals surface area (Å²) in [5, 5.41) is 4.19. The summed E-state index contributed by atoms with van der Waals surface area (Å²) in [5.74, 6) is 0.194. The Morgan fingerprint density at radius 3 is 2.90 bits per heavy atom. The Bertz CT molecular complexity index is 545. The lowest BCUT2D eigenvalue weighted by Gasteiger charge is -2.27. The first kappa shape index (κ1) is 14.8. The third kappa shape index (κ3) is 2.80. The van der Waals surface area contributed by atoms with Crippen molar-refractivity contribution in [2.24, 2.45) is 0 Å². The Balaban J connectivity index is 1.84. The van der Waals surface area contributed by atoms with Gasteiger partial charge in [0, 0.05) is 18.2 Å². The number of halogens is 1. The molecule has 1 saturated heterocycles. The third-order valence-corrected chi connectivity index (χ3v) is 4.45. The van der Waals surface area contributed by atoms with Crippen LogP contribution in [0.15, 0.2) is 24.3 Å². The maximum Gasteiger partial charge on any atom is 0.244 e. The Kier molecular flexibility index (Phi) is 3.95. The van der Waals surface area contributed by atoms with Gasteiger partial charge < -0.3 is 9.64 Å². The summed E-state index contributed by atoms with van der Waals surface area (Å²) in [6.45, 7) is 5.23. The summed E-state index contributed by atoms with van der Waals surface area (Å²) in [4.78, 5) is 14.6. The van der Waals surface area contributed by atoms with Crippen molar-refractivity contribution in [3.8, 4) is 0 Å². The monoisotopic (exact) mass is 308 g/mol. The van der Waals surface area contributed by atoms with Crippen molar-refractivity contribution in [2.75, 3.05) is 13.2 Å². The minimum absolute atomic E-state index is 0.0244. The number of ether oxygens (including phenoxy) is 1. The number of carbonyl (C=O) groups excluding carboxylic acids is 1.